The molecule has 2 aromatic carbocycles. The number of nitrogens with zero attached hydrogens (tertiary/aromatic N) is 2. The van der Waals surface area contributed by atoms with Gasteiger partial charge in [-0.2, -0.15) is 4.74 Å². The Bertz CT molecular complexity index is 804. The lowest BCUT2D eigenvalue weighted by molar-refractivity contribution is -0.524. The van der Waals surface area contributed by atoms with Gasteiger partial charge in [-0.15, -0.1) is 11.8 Å². The first kappa shape index (κ1) is 19.3. The van der Waals surface area contributed by atoms with Crippen LogP contribution in [-0.4, -0.2) is 37.3 Å². The summed E-state index contributed by atoms with van der Waals surface area (Å²) < 4.78 is 1.54. The zero-order chi connectivity index (χ0) is 18.7. The zero-order valence-electron chi connectivity index (χ0n) is 15.1. The molecule has 1 aliphatic rings. The smallest absolute Gasteiger partial charge is 0.254 e. The molecule has 2 aromatic rings. The maximum Gasteiger partial charge on any atom is 0.254 e. The van der Waals surface area contributed by atoms with Crippen LogP contribution in [0.3, 0.4) is 0 Å². The molecular formula is C20H22N2OS3. The number of rotatable bonds is 5. The Hall–Kier alpha value is -1.50. The number of thiocarbonyl (C=S) groups is 1. The summed E-state index contributed by atoms with van der Waals surface area (Å²) in [6.07, 6.45) is 3.36. The number of hydrogen-bond acceptors (Lipinski definition) is 4. The highest BCUT2D eigenvalue weighted by Gasteiger charge is 2.50. The molecule has 0 aromatic heterocycles. The van der Waals surface area contributed by atoms with E-state index in [-0.39, 0.29) is 10.9 Å². The predicted molar refractivity (Wildman–Crippen MR) is 117 cm³/mol. The summed E-state index contributed by atoms with van der Waals surface area (Å²) in [5.74, 6) is 0. The number of hydrogen-bond donors (Lipinski definition) is 0. The van der Waals surface area contributed by atoms with Crippen molar-refractivity contribution in [2.24, 2.45) is 0 Å². The second-order valence-corrected chi connectivity index (χ2v) is 9.89. The first-order chi connectivity index (χ1) is 12.4. The molecule has 0 saturated carbocycles. The van der Waals surface area contributed by atoms with Crippen molar-refractivity contribution >= 4 is 46.3 Å². The molecule has 0 aliphatic carbocycles. The van der Waals surface area contributed by atoms with Crippen molar-refractivity contribution in [3.8, 4) is 0 Å². The average molecular weight is 403 g/mol. The van der Waals surface area contributed by atoms with E-state index < -0.39 is 0 Å². The highest BCUT2D eigenvalue weighted by molar-refractivity contribution is 8.24. The third kappa shape index (κ3) is 4.24. The minimum Gasteiger partial charge on any atom is -0.622 e. The first-order valence-corrected chi connectivity index (χ1v) is 10.8. The molecule has 1 aliphatic heterocycles. The van der Waals surface area contributed by atoms with E-state index in [1.165, 1.54) is 4.90 Å². The topological polar surface area (TPSA) is 29.3 Å². The SMILES string of the molecule is CSc1ccc(/C=[N+](\[O-])[C@H]2N(Cc3ccccc3)C(=S)SC2(C)C)cc1. The van der Waals surface area contributed by atoms with Gasteiger partial charge in [-0.05, 0) is 49.9 Å². The molecule has 6 heteroatoms. The fraction of sp³-hybridized carbons (Fsp3) is 0.300. The molecule has 0 unspecified atom stereocenters. The molecule has 0 N–H and O–H groups in total. The van der Waals surface area contributed by atoms with Gasteiger partial charge in [-0.25, -0.2) is 0 Å². The van der Waals surface area contributed by atoms with Gasteiger partial charge in [0.2, 0.25) is 0 Å². The van der Waals surface area contributed by atoms with Crippen molar-refractivity contribution in [1.29, 1.82) is 0 Å². The van der Waals surface area contributed by atoms with Gasteiger partial charge in [0.15, 0.2) is 6.21 Å². The summed E-state index contributed by atoms with van der Waals surface area (Å²) in [7, 11) is 0. The van der Waals surface area contributed by atoms with Crippen LogP contribution in [0.25, 0.3) is 0 Å². The molecule has 0 radical (unpaired) electrons. The van der Waals surface area contributed by atoms with Crippen LogP contribution in [0.5, 0.6) is 0 Å². The van der Waals surface area contributed by atoms with Gasteiger partial charge in [0.1, 0.15) is 9.07 Å². The largest absolute Gasteiger partial charge is 0.622 e. The van der Waals surface area contributed by atoms with Crippen molar-refractivity contribution in [3.05, 3.63) is 70.9 Å². The standard InChI is InChI=1S/C20H22N2OS3/c1-20(2)18(22(23)14-16-9-11-17(25-3)12-10-16)21(19(24)26-20)13-15-7-5-4-6-8-15/h4-12,14,18H,13H2,1-3H3/b22-14-/t18-/m1/s1. The molecule has 0 amide bonds. The van der Waals surface area contributed by atoms with Crippen LogP contribution in [0.1, 0.15) is 25.0 Å². The maximum absolute atomic E-state index is 13.1. The van der Waals surface area contributed by atoms with Gasteiger partial charge >= 0.3 is 0 Å². The molecule has 3 rings (SSSR count). The van der Waals surface area contributed by atoms with Gasteiger partial charge in [0, 0.05) is 10.5 Å². The minimum atomic E-state index is -0.347. The van der Waals surface area contributed by atoms with Crippen LogP contribution in [-0.2, 0) is 6.54 Å². The Morgan fingerprint density at radius 1 is 1.19 bits per heavy atom. The first-order valence-electron chi connectivity index (χ1n) is 8.38. The van der Waals surface area contributed by atoms with E-state index in [2.05, 4.69) is 26.0 Å². The van der Waals surface area contributed by atoms with Crippen LogP contribution in [0, 0.1) is 5.21 Å². The monoisotopic (exact) mass is 402 g/mol. The summed E-state index contributed by atoms with van der Waals surface area (Å²) in [4.78, 5) is 3.22. The van der Waals surface area contributed by atoms with E-state index in [1.807, 2.05) is 53.6 Å². The van der Waals surface area contributed by atoms with Crippen molar-refractivity contribution in [2.45, 2.75) is 36.2 Å². The summed E-state index contributed by atoms with van der Waals surface area (Å²) in [6.45, 7) is 4.79. The Morgan fingerprint density at radius 3 is 2.46 bits per heavy atom. The molecule has 136 valence electrons. The lowest BCUT2D eigenvalue weighted by Gasteiger charge is -2.29. The maximum atomic E-state index is 13.1. The van der Waals surface area contributed by atoms with E-state index in [1.54, 1.807) is 29.7 Å². The van der Waals surface area contributed by atoms with Gasteiger partial charge in [-0.1, -0.05) is 54.3 Å². The van der Waals surface area contributed by atoms with Crippen LogP contribution < -0.4 is 0 Å². The fourth-order valence-electron chi connectivity index (χ4n) is 3.09. The molecule has 0 spiro atoms. The zero-order valence-corrected chi connectivity index (χ0v) is 17.5. The lowest BCUT2D eigenvalue weighted by Crippen LogP contribution is -2.47. The molecule has 26 heavy (non-hydrogen) atoms. The van der Waals surface area contributed by atoms with E-state index in [9.17, 15) is 5.21 Å². The number of hydroxylamine groups is 1. The quantitative estimate of drug-likeness (QED) is 0.176. The van der Waals surface area contributed by atoms with Crippen molar-refractivity contribution in [1.82, 2.24) is 4.90 Å². The van der Waals surface area contributed by atoms with Crippen molar-refractivity contribution in [3.63, 3.8) is 0 Å². The lowest BCUT2D eigenvalue weighted by atomic mass is 10.1. The van der Waals surface area contributed by atoms with Gasteiger partial charge in [0.05, 0.1) is 6.54 Å². The van der Waals surface area contributed by atoms with Crippen LogP contribution in [0.4, 0.5) is 0 Å². The average Bonchev–Trinajstić information content (AvgIpc) is 2.84. The van der Waals surface area contributed by atoms with E-state index in [4.69, 9.17) is 12.2 Å². The predicted octanol–water partition coefficient (Wildman–Crippen LogP) is 4.98. The van der Waals surface area contributed by atoms with Gasteiger partial charge < -0.3 is 5.21 Å². The molecule has 1 saturated heterocycles. The second kappa shape index (κ2) is 8.03. The van der Waals surface area contributed by atoms with Crippen LogP contribution in [0.2, 0.25) is 0 Å². The normalized spacial score (nSPS) is 19.8. The molecule has 1 fully saturated rings. The Balaban J connectivity index is 1.89. The van der Waals surface area contributed by atoms with Crippen molar-refractivity contribution < 1.29 is 4.74 Å². The Morgan fingerprint density at radius 2 is 1.85 bits per heavy atom. The summed E-state index contributed by atoms with van der Waals surface area (Å²) in [5, 5.41) is 13.1. The van der Waals surface area contributed by atoms with Crippen molar-refractivity contribution in [2.75, 3.05) is 6.26 Å². The summed E-state index contributed by atoms with van der Waals surface area (Å²) >= 11 is 8.87. The molecule has 3 nitrogen and oxygen atoms in total. The molecular weight excluding hydrogens is 380 g/mol. The Kier molecular flexibility index (Phi) is 5.95. The second-order valence-electron chi connectivity index (χ2n) is 6.72. The molecule has 1 heterocycles. The van der Waals surface area contributed by atoms with Gasteiger partial charge in [-0.3, -0.25) is 4.90 Å². The van der Waals surface area contributed by atoms with Crippen LogP contribution >= 0.6 is 35.7 Å². The number of benzene rings is 2. The van der Waals surface area contributed by atoms with E-state index in [0.717, 1.165) is 20.2 Å². The summed E-state index contributed by atoms with van der Waals surface area (Å²) in [6, 6.07) is 18.2. The third-order valence-electron chi connectivity index (χ3n) is 4.33. The van der Waals surface area contributed by atoms with Gasteiger partial charge in [0.25, 0.3) is 6.17 Å². The molecule has 0 bridgehead atoms. The number of thioether (sulfide) groups is 2. The summed E-state index contributed by atoms with van der Waals surface area (Å²) in [5.41, 5.74) is 2.05. The fourth-order valence-corrected chi connectivity index (χ4v) is 5.38. The van der Waals surface area contributed by atoms with E-state index in [0.29, 0.717) is 6.54 Å². The van der Waals surface area contributed by atoms with E-state index >= 15 is 0 Å². The third-order valence-corrected chi connectivity index (χ3v) is 6.70. The highest BCUT2D eigenvalue weighted by Crippen LogP contribution is 2.42. The highest BCUT2D eigenvalue weighted by atomic mass is 32.2. The van der Waals surface area contributed by atoms with Crippen LogP contribution in [0.15, 0.2) is 59.5 Å². The minimum absolute atomic E-state index is 0.288. The Labute approximate surface area is 169 Å². The molecule has 1 atom stereocenters.